The van der Waals surface area contributed by atoms with E-state index >= 15 is 0 Å². The van der Waals surface area contributed by atoms with Crippen molar-refractivity contribution in [2.24, 2.45) is 0 Å². The van der Waals surface area contributed by atoms with Crippen LogP contribution in [0, 0.1) is 0 Å². The lowest BCUT2D eigenvalue weighted by molar-refractivity contribution is -0.163. The molecular formula is C12H15F4NO4. The van der Waals surface area contributed by atoms with Crippen LogP contribution in [0.4, 0.5) is 17.6 Å². The van der Waals surface area contributed by atoms with Crippen LogP contribution in [-0.4, -0.2) is 58.5 Å². The van der Waals surface area contributed by atoms with Gasteiger partial charge in [0.15, 0.2) is 0 Å². The summed E-state index contributed by atoms with van der Waals surface area (Å²) in [6.45, 7) is -0.0134. The first-order valence-corrected chi connectivity index (χ1v) is 6.48. The summed E-state index contributed by atoms with van der Waals surface area (Å²) in [5, 5.41) is 9.74. The van der Waals surface area contributed by atoms with E-state index in [-0.39, 0.29) is 6.61 Å². The number of halogens is 4. The zero-order valence-electron chi connectivity index (χ0n) is 11.2. The lowest BCUT2D eigenvalue weighted by Crippen LogP contribution is -2.54. The van der Waals surface area contributed by atoms with Crippen LogP contribution < -0.4 is 0 Å². The van der Waals surface area contributed by atoms with Gasteiger partial charge in [0.05, 0.1) is 18.7 Å². The molecule has 120 valence electrons. The number of hydrogen-bond donors (Lipinski definition) is 1. The first kappa shape index (κ1) is 16.0. The van der Waals surface area contributed by atoms with Crippen molar-refractivity contribution in [3.8, 4) is 0 Å². The standard InChI is InChI=1S/C12H15F4NO4/c1-2-21-8(19)7(18)17-6-12(15,16)9(20)10(17)3-4-11(13,14)5-10/h9,20H,2-6H2,1H3. The number of ether oxygens (including phenoxy) is 1. The van der Waals surface area contributed by atoms with E-state index in [9.17, 15) is 32.3 Å². The van der Waals surface area contributed by atoms with E-state index in [2.05, 4.69) is 4.74 Å². The second-order valence-corrected chi connectivity index (χ2v) is 5.41. The number of carbonyl (C=O) groups excluding carboxylic acids is 2. The van der Waals surface area contributed by atoms with Gasteiger partial charge in [-0.05, 0) is 13.3 Å². The van der Waals surface area contributed by atoms with Crippen LogP contribution in [0.15, 0.2) is 0 Å². The van der Waals surface area contributed by atoms with Crippen molar-refractivity contribution in [3.63, 3.8) is 0 Å². The van der Waals surface area contributed by atoms with Crippen molar-refractivity contribution in [2.75, 3.05) is 13.2 Å². The molecular weight excluding hydrogens is 298 g/mol. The molecule has 0 radical (unpaired) electrons. The zero-order chi connectivity index (χ0) is 16.1. The van der Waals surface area contributed by atoms with Gasteiger partial charge in [-0.3, -0.25) is 4.79 Å². The van der Waals surface area contributed by atoms with Crippen molar-refractivity contribution in [1.29, 1.82) is 0 Å². The maximum atomic E-state index is 13.7. The van der Waals surface area contributed by atoms with Crippen LogP contribution in [0.25, 0.3) is 0 Å². The Labute approximate surface area is 117 Å². The average Bonchev–Trinajstić information content (AvgIpc) is 2.80. The minimum Gasteiger partial charge on any atom is -0.459 e. The topological polar surface area (TPSA) is 66.8 Å². The van der Waals surface area contributed by atoms with E-state index in [1.165, 1.54) is 6.92 Å². The molecule has 1 aliphatic carbocycles. The Morgan fingerprint density at radius 2 is 1.90 bits per heavy atom. The predicted molar refractivity (Wildman–Crippen MR) is 60.8 cm³/mol. The van der Waals surface area contributed by atoms with Crippen LogP contribution in [0.2, 0.25) is 0 Å². The Kier molecular flexibility index (Phi) is 3.67. The molecule has 1 saturated carbocycles. The number of carbonyl (C=O) groups is 2. The van der Waals surface area contributed by atoms with Gasteiger partial charge >= 0.3 is 11.9 Å². The Hall–Kier alpha value is -1.38. The molecule has 5 nitrogen and oxygen atoms in total. The molecule has 2 fully saturated rings. The van der Waals surface area contributed by atoms with E-state index in [1.54, 1.807) is 0 Å². The molecule has 2 unspecified atom stereocenters. The number of alkyl halides is 4. The van der Waals surface area contributed by atoms with Gasteiger partial charge in [0.2, 0.25) is 0 Å². The highest BCUT2D eigenvalue weighted by molar-refractivity contribution is 6.32. The van der Waals surface area contributed by atoms with Crippen molar-refractivity contribution in [1.82, 2.24) is 4.90 Å². The summed E-state index contributed by atoms with van der Waals surface area (Å²) in [7, 11) is 0. The number of hydrogen-bond acceptors (Lipinski definition) is 4. The third-order valence-electron chi connectivity index (χ3n) is 4.00. The van der Waals surface area contributed by atoms with Crippen molar-refractivity contribution in [2.45, 2.75) is 49.7 Å². The minimum absolute atomic E-state index is 0.152. The van der Waals surface area contributed by atoms with Gasteiger partial charge in [0.25, 0.3) is 11.8 Å². The fraction of sp³-hybridized carbons (Fsp3) is 0.833. The highest BCUT2D eigenvalue weighted by atomic mass is 19.3. The molecule has 1 saturated heterocycles. The Balaban J connectivity index is 2.35. The maximum absolute atomic E-state index is 13.7. The van der Waals surface area contributed by atoms with Crippen LogP contribution >= 0.6 is 0 Å². The van der Waals surface area contributed by atoms with Crippen molar-refractivity contribution < 1.29 is 37.0 Å². The van der Waals surface area contributed by atoms with Gasteiger partial charge in [-0.2, -0.15) is 0 Å². The second-order valence-electron chi connectivity index (χ2n) is 5.41. The third-order valence-corrected chi connectivity index (χ3v) is 4.00. The van der Waals surface area contributed by atoms with Crippen LogP contribution in [-0.2, 0) is 14.3 Å². The van der Waals surface area contributed by atoms with Gasteiger partial charge in [-0.1, -0.05) is 0 Å². The second kappa shape index (κ2) is 4.82. The molecule has 1 spiro atoms. The molecule has 1 amide bonds. The summed E-state index contributed by atoms with van der Waals surface area (Å²) in [6.07, 6.45) is -4.76. The van der Waals surface area contributed by atoms with E-state index < -0.39 is 61.2 Å². The highest BCUT2D eigenvalue weighted by Gasteiger charge is 2.69. The summed E-state index contributed by atoms with van der Waals surface area (Å²) in [5.41, 5.74) is -2.13. The highest BCUT2D eigenvalue weighted by Crippen LogP contribution is 2.53. The van der Waals surface area contributed by atoms with E-state index in [1.807, 2.05) is 0 Å². The summed E-state index contributed by atoms with van der Waals surface area (Å²) < 4.78 is 58.7. The molecule has 0 aromatic heterocycles. The largest absolute Gasteiger partial charge is 0.459 e. The van der Waals surface area contributed by atoms with Gasteiger partial charge < -0.3 is 14.7 Å². The smallest absolute Gasteiger partial charge is 0.397 e. The fourth-order valence-corrected chi connectivity index (χ4v) is 3.06. The first-order valence-electron chi connectivity index (χ1n) is 6.48. The van der Waals surface area contributed by atoms with Crippen molar-refractivity contribution in [3.05, 3.63) is 0 Å². The monoisotopic (exact) mass is 313 g/mol. The molecule has 0 bridgehead atoms. The Morgan fingerprint density at radius 1 is 1.29 bits per heavy atom. The molecule has 2 rings (SSSR count). The summed E-state index contributed by atoms with van der Waals surface area (Å²) in [6, 6.07) is 0. The molecule has 0 aromatic rings. The lowest BCUT2D eigenvalue weighted by Gasteiger charge is -2.35. The molecule has 2 atom stereocenters. The summed E-state index contributed by atoms with van der Waals surface area (Å²) in [4.78, 5) is 23.7. The number of likely N-dealkylation sites (tertiary alicyclic amines) is 1. The van der Waals surface area contributed by atoms with Gasteiger partial charge in [-0.15, -0.1) is 0 Å². The van der Waals surface area contributed by atoms with E-state index in [0.29, 0.717) is 4.90 Å². The Morgan fingerprint density at radius 3 is 2.38 bits per heavy atom. The van der Waals surface area contributed by atoms with Crippen molar-refractivity contribution >= 4 is 11.9 Å². The molecule has 0 aromatic carbocycles. The van der Waals surface area contributed by atoms with Gasteiger partial charge in [0, 0.05) is 12.8 Å². The molecule has 1 aliphatic heterocycles. The fourth-order valence-electron chi connectivity index (χ4n) is 3.06. The summed E-state index contributed by atoms with van der Waals surface area (Å²) >= 11 is 0. The summed E-state index contributed by atoms with van der Waals surface area (Å²) in [5.74, 6) is -9.83. The number of amides is 1. The predicted octanol–water partition coefficient (Wildman–Crippen LogP) is 0.946. The van der Waals surface area contributed by atoms with Crippen LogP contribution in [0.5, 0.6) is 0 Å². The maximum Gasteiger partial charge on any atom is 0.397 e. The molecule has 1 N–H and O–H groups in total. The van der Waals surface area contributed by atoms with E-state index in [4.69, 9.17) is 0 Å². The van der Waals surface area contributed by atoms with Gasteiger partial charge in [0.1, 0.15) is 6.10 Å². The van der Waals surface area contributed by atoms with E-state index in [0.717, 1.165) is 0 Å². The molecule has 9 heteroatoms. The average molecular weight is 313 g/mol. The number of nitrogens with zero attached hydrogens (tertiary/aromatic N) is 1. The van der Waals surface area contributed by atoms with Crippen LogP contribution in [0.1, 0.15) is 26.2 Å². The Bertz CT molecular complexity index is 470. The molecule has 21 heavy (non-hydrogen) atoms. The van der Waals surface area contributed by atoms with Crippen LogP contribution in [0.3, 0.4) is 0 Å². The van der Waals surface area contributed by atoms with Gasteiger partial charge in [-0.25, -0.2) is 22.4 Å². The molecule has 2 aliphatic rings. The molecule has 1 heterocycles. The minimum atomic E-state index is -3.75. The zero-order valence-corrected chi connectivity index (χ0v) is 11.2. The quantitative estimate of drug-likeness (QED) is 0.445. The number of esters is 1. The lowest BCUT2D eigenvalue weighted by atomic mass is 9.89. The third kappa shape index (κ3) is 2.47. The normalized spacial score (nSPS) is 33.4. The number of rotatable bonds is 1. The first-order chi connectivity index (χ1) is 9.56. The number of aliphatic hydroxyl groups is 1. The SMILES string of the molecule is CCOC(=O)C(=O)N1CC(F)(F)C(O)C12CCC(F)(F)C2. The number of aliphatic hydroxyl groups excluding tert-OH is 1.